The van der Waals surface area contributed by atoms with Crippen molar-refractivity contribution in [2.24, 2.45) is 11.1 Å². The fourth-order valence-corrected chi connectivity index (χ4v) is 3.84. The van der Waals surface area contributed by atoms with E-state index in [0.29, 0.717) is 17.9 Å². The molecule has 0 unspecified atom stereocenters. The molecule has 0 spiro atoms. The molecule has 8 heteroatoms. The van der Waals surface area contributed by atoms with Crippen LogP contribution in [0.1, 0.15) is 13.8 Å². The highest BCUT2D eigenvalue weighted by Crippen LogP contribution is 2.27. The fourth-order valence-electron chi connectivity index (χ4n) is 3.84. The number of pyridine rings is 1. The highest BCUT2D eigenvalue weighted by Gasteiger charge is 2.24. The minimum absolute atomic E-state index is 0.00464. The van der Waals surface area contributed by atoms with Crippen LogP contribution in [0.15, 0.2) is 41.3 Å². The first-order chi connectivity index (χ1) is 14.8. The van der Waals surface area contributed by atoms with Gasteiger partial charge in [0, 0.05) is 48.2 Å². The molecule has 3 heterocycles. The predicted molar refractivity (Wildman–Crippen MR) is 118 cm³/mol. The lowest BCUT2D eigenvalue weighted by molar-refractivity contribution is 0.0133. The summed E-state index contributed by atoms with van der Waals surface area (Å²) in [7, 11) is 0. The number of rotatable bonds is 6. The van der Waals surface area contributed by atoms with E-state index in [9.17, 15) is 9.59 Å². The second-order valence-electron chi connectivity index (χ2n) is 8.64. The molecular weight excluding hydrogens is 396 g/mol. The number of nitrogens with zero attached hydrogens (tertiary/aromatic N) is 2. The third-order valence-corrected chi connectivity index (χ3v) is 5.39. The summed E-state index contributed by atoms with van der Waals surface area (Å²) in [5.41, 5.74) is 6.54. The number of nitrogens with one attached hydrogen (secondary N) is 1. The highest BCUT2D eigenvalue weighted by atomic mass is 16.5. The molecule has 31 heavy (non-hydrogen) atoms. The highest BCUT2D eigenvalue weighted by molar-refractivity contribution is 5.87. The number of primary amides is 1. The van der Waals surface area contributed by atoms with Gasteiger partial charge >= 0.3 is 6.03 Å². The molecule has 1 radical (unpaired) electrons. The zero-order valence-electron chi connectivity index (χ0n) is 17.8. The SMILES string of the molecule is CC(C)(COc1ccc2[nH]c(-c3c[c]cn(C(N)=O)c3=O)cc2c1)CN1CCOCC1. The number of carbonyl (C=O) groups excluding carboxylic acids is 1. The van der Waals surface area contributed by atoms with Crippen LogP contribution in [0.5, 0.6) is 5.75 Å². The van der Waals surface area contributed by atoms with Crippen LogP contribution in [0.3, 0.4) is 0 Å². The normalized spacial score (nSPS) is 15.3. The minimum atomic E-state index is -0.838. The Kier molecular flexibility index (Phi) is 5.84. The van der Waals surface area contributed by atoms with Gasteiger partial charge in [0.05, 0.1) is 31.1 Å². The van der Waals surface area contributed by atoms with Crippen LogP contribution < -0.4 is 16.0 Å². The molecule has 0 bridgehead atoms. The van der Waals surface area contributed by atoms with Crippen molar-refractivity contribution in [2.45, 2.75) is 13.8 Å². The van der Waals surface area contributed by atoms with Gasteiger partial charge < -0.3 is 20.2 Å². The van der Waals surface area contributed by atoms with E-state index in [1.807, 2.05) is 24.3 Å². The molecule has 4 rings (SSSR count). The van der Waals surface area contributed by atoms with Gasteiger partial charge in [0.25, 0.3) is 5.56 Å². The number of H-pyrrole nitrogens is 1. The molecule has 0 aliphatic carbocycles. The van der Waals surface area contributed by atoms with E-state index in [1.54, 1.807) is 0 Å². The second kappa shape index (κ2) is 8.56. The van der Waals surface area contributed by atoms with Crippen LogP contribution in [0, 0.1) is 11.5 Å². The zero-order chi connectivity index (χ0) is 22.0. The number of hydrogen-bond donors (Lipinski definition) is 2. The van der Waals surface area contributed by atoms with Crippen molar-refractivity contribution >= 4 is 16.9 Å². The van der Waals surface area contributed by atoms with Gasteiger partial charge in [0.1, 0.15) is 5.75 Å². The summed E-state index contributed by atoms with van der Waals surface area (Å²) in [6, 6.07) is 11.1. The average molecular weight is 423 g/mol. The number of morpholine rings is 1. The number of aromatic nitrogens is 2. The maximum atomic E-state index is 12.5. The van der Waals surface area contributed by atoms with Gasteiger partial charge in [-0.2, -0.15) is 0 Å². The van der Waals surface area contributed by atoms with Gasteiger partial charge in [0.15, 0.2) is 0 Å². The number of benzene rings is 1. The molecular formula is C23H27N4O4. The third kappa shape index (κ3) is 4.81. The molecule has 3 N–H and O–H groups in total. The van der Waals surface area contributed by atoms with Crippen molar-refractivity contribution < 1.29 is 14.3 Å². The van der Waals surface area contributed by atoms with Crippen LogP contribution in [0.2, 0.25) is 0 Å². The minimum Gasteiger partial charge on any atom is -0.493 e. The summed E-state index contributed by atoms with van der Waals surface area (Å²) in [5, 5.41) is 0.910. The Morgan fingerprint density at radius 1 is 1.29 bits per heavy atom. The molecule has 1 aromatic carbocycles. The Morgan fingerprint density at radius 2 is 2.06 bits per heavy atom. The average Bonchev–Trinajstić information content (AvgIpc) is 3.16. The van der Waals surface area contributed by atoms with E-state index < -0.39 is 11.6 Å². The number of aromatic amines is 1. The molecule has 1 amide bonds. The van der Waals surface area contributed by atoms with Crippen molar-refractivity contribution in [3.8, 4) is 17.0 Å². The third-order valence-electron chi connectivity index (χ3n) is 5.39. The molecule has 0 atom stereocenters. The first-order valence-electron chi connectivity index (χ1n) is 10.3. The first kappa shape index (κ1) is 21.1. The van der Waals surface area contributed by atoms with E-state index in [1.165, 1.54) is 12.3 Å². The number of amides is 1. The maximum Gasteiger partial charge on any atom is 0.325 e. The van der Waals surface area contributed by atoms with Crippen LogP contribution in [0.4, 0.5) is 4.79 Å². The quantitative estimate of drug-likeness (QED) is 0.634. The van der Waals surface area contributed by atoms with E-state index in [0.717, 1.165) is 54.1 Å². The standard InChI is InChI=1S/C23H27N4O4/c1-23(2,14-26-8-10-30-11-9-26)15-31-17-5-6-19-16(12-17)13-20(25-19)18-4-3-7-27(21(18)28)22(24)29/h4-7,12-13,25H,8-11,14-15H2,1-2H3,(H2,24,29). The van der Waals surface area contributed by atoms with Crippen LogP contribution in [-0.2, 0) is 4.74 Å². The number of ether oxygens (including phenoxy) is 2. The van der Waals surface area contributed by atoms with Crippen LogP contribution in [-0.4, -0.2) is 59.9 Å². The zero-order valence-corrected chi connectivity index (χ0v) is 17.8. The molecule has 1 saturated heterocycles. The Hall–Kier alpha value is -3.10. The maximum absolute atomic E-state index is 12.5. The van der Waals surface area contributed by atoms with Crippen molar-refractivity contribution in [3.05, 3.63) is 52.9 Å². The van der Waals surface area contributed by atoms with E-state index in [-0.39, 0.29) is 5.41 Å². The Bertz CT molecular complexity index is 1140. The molecule has 2 aromatic heterocycles. The largest absolute Gasteiger partial charge is 0.493 e. The number of carbonyl (C=O) groups is 1. The second-order valence-corrected chi connectivity index (χ2v) is 8.64. The molecule has 1 aliphatic heterocycles. The van der Waals surface area contributed by atoms with Crippen molar-refractivity contribution in [1.29, 1.82) is 0 Å². The predicted octanol–water partition coefficient (Wildman–Crippen LogP) is 2.46. The van der Waals surface area contributed by atoms with Crippen LogP contribution in [0.25, 0.3) is 22.2 Å². The Balaban J connectivity index is 1.50. The smallest absolute Gasteiger partial charge is 0.325 e. The van der Waals surface area contributed by atoms with Gasteiger partial charge in [-0.3, -0.25) is 9.69 Å². The van der Waals surface area contributed by atoms with Crippen molar-refractivity contribution in [3.63, 3.8) is 0 Å². The van der Waals surface area contributed by atoms with Crippen molar-refractivity contribution in [2.75, 3.05) is 39.5 Å². The van der Waals surface area contributed by atoms with Gasteiger partial charge in [0.2, 0.25) is 0 Å². The number of fused-ring (bicyclic) bond motifs is 1. The summed E-state index contributed by atoms with van der Waals surface area (Å²) in [6.45, 7) is 9.41. The topological polar surface area (TPSA) is 103 Å². The fraction of sp³-hybridized carbons (Fsp3) is 0.391. The summed E-state index contributed by atoms with van der Waals surface area (Å²) < 4.78 is 12.4. The Morgan fingerprint density at radius 3 is 2.81 bits per heavy atom. The van der Waals surface area contributed by atoms with Crippen LogP contribution >= 0.6 is 0 Å². The van der Waals surface area contributed by atoms with E-state index in [2.05, 4.69) is 29.8 Å². The van der Waals surface area contributed by atoms with E-state index in [4.69, 9.17) is 15.2 Å². The van der Waals surface area contributed by atoms with Gasteiger partial charge in [-0.15, -0.1) is 0 Å². The Labute approximate surface area is 180 Å². The summed E-state index contributed by atoms with van der Waals surface area (Å²) >= 11 is 0. The lowest BCUT2D eigenvalue weighted by atomic mass is 9.94. The van der Waals surface area contributed by atoms with Gasteiger partial charge in [-0.25, -0.2) is 9.36 Å². The molecule has 0 saturated carbocycles. The van der Waals surface area contributed by atoms with Gasteiger partial charge in [-0.05, 0) is 30.3 Å². The summed E-state index contributed by atoms with van der Waals surface area (Å²) in [5.74, 6) is 0.766. The van der Waals surface area contributed by atoms with E-state index >= 15 is 0 Å². The monoisotopic (exact) mass is 423 g/mol. The molecule has 1 fully saturated rings. The number of hydrogen-bond acceptors (Lipinski definition) is 5. The van der Waals surface area contributed by atoms with Crippen molar-refractivity contribution in [1.82, 2.24) is 14.5 Å². The first-order valence-corrected chi connectivity index (χ1v) is 10.3. The number of nitrogens with two attached hydrogens (primary N) is 1. The summed E-state index contributed by atoms with van der Waals surface area (Å²) in [4.78, 5) is 29.6. The van der Waals surface area contributed by atoms with Gasteiger partial charge in [-0.1, -0.05) is 13.8 Å². The summed E-state index contributed by atoms with van der Waals surface area (Å²) in [6.07, 6.45) is 1.24. The molecule has 163 valence electrons. The molecule has 1 aliphatic rings. The lowest BCUT2D eigenvalue weighted by Crippen LogP contribution is -2.43. The molecule has 3 aromatic rings. The lowest BCUT2D eigenvalue weighted by Gasteiger charge is -2.34. The molecule has 8 nitrogen and oxygen atoms in total.